The number of carbonyl (C=O) groups excluding carboxylic acids is 1. The number of carboxylic acid groups (broad SMARTS) is 1. The fraction of sp³-hybridized carbons (Fsp3) is 0.562. The molecule has 120 valence electrons. The number of aromatic carboxylic acids is 1. The second kappa shape index (κ2) is 6.34. The van der Waals surface area contributed by atoms with Crippen LogP contribution in [-0.4, -0.2) is 34.3 Å². The topological polar surface area (TPSA) is 79.7 Å². The molecule has 1 amide bonds. The summed E-state index contributed by atoms with van der Waals surface area (Å²) in [6, 6.07) is 3.22. The summed E-state index contributed by atoms with van der Waals surface area (Å²) in [7, 11) is 0. The molecule has 1 aliphatic carbocycles. The lowest BCUT2D eigenvalue weighted by atomic mass is 9.85. The van der Waals surface area contributed by atoms with Gasteiger partial charge in [0.05, 0.1) is 5.69 Å². The first-order valence-electron chi connectivity index (χ1n) is 7.47. The number of ether oxygens (including phenoxy) is 1. The van der Waals surface area contributed by atoms with E-state index in [4.69, 9.17) is 4.74 Å². The Kier molecular flexibility index (Phi) is 4.68. The van der Waals surface area contributed by atoms with Crippen LogP contribution in [0.4, 0.5) is 10.5 Å². The smallest absolute Gasteiger partial charge is 0.414 e. The summed E-state index contributed by atoms with van der Waals surface area (Å²) in [6.07, 6.45) is 4.11. The number of rotatable bonds is 4. The maximum atomic E-state index is 12.5. The first-order valence-corrected chi connectivity index (χ1v) is 7.47. The fourth-order valence-electron chi connectivity index (χ4n) is 2.30. The number of hydrogen-bond donors (Lipinski definition) is 1. The molecule has 1 heterocycles. The average Bonchev–Trinajstić information content (AvgIpc) is 2.35. The lowest BCUT2D eigenvalue weighted by molar-refractivity contribution is 0.0568. The van der Waals surface area contributed by atoms with Crippen molar-refractivity contribution in [2.24, 2.45) is 5.92 Å². The van der Waals surface area contributed by atoms with E-state index in [2.05, 4.69) is 4.98 Å². The van der Waals surface area contributed by atoms with Gasteiger partial charge in [0.25, 0.3) is 0 Å². The minimum absolute atomic E-state index is 0.132. The van der Waals surface area contributed by atoms with E-state index in [1.807, 2.05) is 0 Å². The molecule has 0 radical (unpaired) electrons. The fourth-order valence-corrected chi connectivity index (χ4v) is 2.30. The number of amides is 1. The highest BCUT2D eigenvalue weighted by molar-refractivity contribution is 5.98. The lowest BCUT2D eigenvalue weighted by Crippen LogP contribution is -2.41. The Morgan fingerprint density at radius 2 is 2.09 bits per heavy atom. The van der Waals surface area contributed by atoms with Crippen molar-refractivity contribution in [3.63, 3.8) is 0 Å². The molecule has 0 aromatic carbocycles. The van der Waals surface area contributed by atoms with Crippen molar-refractivity contribution < 1.29 is 19.4 Å². The molecule has 0 unspecified atom stereocenters. The SMILES string of the molecule is CC(C)(C)OC(=O)N(CC1CCC1)c1cccnc1C(=O)O. The Balaban J connectivity index is 2.31. The molecular weight excluding hydrogens is 284 g/mol. The van der Waals surface area contributed by atoms with E-state index < -0.39 is 17.7 Å². The molecule has 0 spiro atoms. The van der Waals surface area contributed by atoms with Gasteiger partial charge in [-0.05, 0) is 51.7 Å². The predicted octanol–water partition coefficient (Wildman–Crippen LogP) is 3.32. The highest BCUT2D eigenvalue weighted by Crippen LogP contribution is 2.30. The van der Waals surface area contributed by atoms with Crippen LogP contribution in [0.2, 0.25) is 0 Å². The highest BCUT2D eigenvalue weighted by Gasteiger charge is 2.31. The first-order chi connectivity index (χ1) is 10.3. The zero-order valence-electron chi connectivity index (χ0n) is 13.2. The van der Waals surface area contributed by atoms with Crippen LogP contribution >= 0.6 is 0 Å². The van der Waals surface area contributed by atoms with Gasteiger partial charge in [0.2, 0.25) is 0 Å². The summed E-state index contributed by atoms with van der Waals surface area (Å²) < 4.78 is 5.42. The lowest BCUT2D eigenvalue weighted by Gasteiger charge is -2.33. The molecule has 0 bridgehead atoms. The zero-order chi connectivity index (χ0) is 16.3. The van der Waals surface area contributed by atoms with Gasteiger partial charge in [0.15, 0.2) is 5.69 Å². The van der Waals surface area contributed by atoms with Gasteiger partial charge in [0.1, 0.15) is 5.60 Å². The van der Waals surface area contributed by atoms with E-state index in [0.717, 1.165) is 19.3 Å². The summed E-state index contributed by atoms with van der Waals surface area (Å²) in [5, 5.41) is 9.29. The van der Waals surface area contributed by atoms with E-state index in [0.29, 0.717) is 12.5 Å². The van der Waals surface area contributed by atoms with E-state index in [-0.39, 0.29) is 11.4 Å². The quantitative estimate of drug-likeness (QED) is 0.923. The number of hydrogen-bond acceptors (Lipinski definition) is 4. The molecule has 0 aliphatic heterocycles. The van der Waals surface area contributed by atoms with Crippen molar-refractivity contribution in [3.05, 3.63) is 24.0 Å². The number of anilines is 1. The van der Waals surface area contributed by atoms with Crippen LogP contribution in [0.3, 0.4) is 0 Å². The van der Waals surface area contributed by atoms with Gasteiger partial charge < -0.3 is 9.84 Å². The molecule has 1 aromatic rings. The van der Waals surface area contributed by atoms with Crippen molar-refractivity contribution in [2.45, 2.75) is 45.6 Å². The Hall–Kier alpha value is -2.11. The molecule has 2 rings (SSSR count). The number of pyridine rings is 1. The number of carbonyl (C=O) groups is 2. The molecule has 6 heteroatoms. The molecule has 1 aromatic heterocycles. The third-order valence-electron chi connectivity index (χ3n) is 3.56. The van der Waals surface area contributed by atoms with Crippen molar-refractivity contribution in [2.75, 3.05) is 11.4 Å². The predicted molar refractivity (Wildman–Crippen MR) is 82.1 cm³/mol. The minimum atomic E-state index is -1.15. The van der Waals surface area contributed by atoms with Crippen LogP contribution in [0.25, 0.3) is 0 Å². The Bertz CT molecular complexity index is 562. The number of aromatic nitrogens is 1. The van der Waals surface area contributed by atoms with Crippen LogP contribution in [-0.2, 0) is 4.74 Å². The first kappa shape index (κ1) is 16.3. The molecule has 6 nitrogen and oxygen atoms in total. The molecule has 22 heavy (non-hydrogen) atoms. The summed E-state index contributed by atoms with van der Waals surface area (Å²) in [5.74, 6) is -0.771. The molecule has 1 saturated carbocycles. The highest BCUT2D eigenvalue weighted by atomic mass is 16.6. The van der Waals surface area contributed by atoms with Gasteiger partial charge in [-0.25, -0.2) is 14.6 Å². The normalized spacial score (nSPS) is 15.0. The molecule has 1 aliphatic rings. The van der Waals surface area contributed by atoms with Crippen LogP contribution < -0.4 is 4.90 Å². The van der Waals surface area contributed by atoms with Gasteiger partial charge in [0, 0.05) is 12.7 Å². The van der Waals surface area contributed by atoms with Crippen molar-refractivity contribution in [1.82, 2.24) is 4.98 Å². The van der Waals surface area contributed by atoms with Crippen molar-refractivity contribution >= 4 is 17.7 Å². The maximum absolute atomic E-state index is 12.5. The summed E-state index contributed by atoms with van der Waals surface area (Å²) in [5.41, 5.74) is -0.482. The van der Waals surface area contributed by atoms with Gasteiger partial charge in [-0.15, -0.1) is 0 Å². The number of carboxylic acids is 1. The second-order valence-electron chi connectivity index (χ2n) is 6.56. The molecule has 0 atom stereocenters. The Morgan fingerprint density at radius 3 is 2.59 bits per heavy atom. The van der Waals surface area contributed by atoms with E-state index in [1.54, 1.807) is 32.9 Å². The molecule has 1 fully saturated rings. The zero-order valence-corrected chi connectivity index (χ0v) is 13.2. The Labute approximate surface area is 130 Å². The van der Waals surface area contributed by atoms with Crippen LogP contribution in [0.1, 0.15) is 50.5 Å². The van der Waals surface area contributed by atoms with Gasteiger partial charge in [-0.1, -0.05) is 6.42 Å². The van der Waals surface area contributed by atoms with Gasteiger partial charge in [-0.3, -0.25) is 4.90 Å². The van der Waals surface area contributed by atoms with Gasteiger partial charge in [-0.2, -0.15) is 0 Å². The third kappa shape index (κ3) is 3.96. The molecule has 1 N–H and O–H groups in total. The summed E-state index contributed by atoms with van der Waals surface area (Å²) in [4.78, 5) is 29.1. The van der Waals surface area contributed by atoms with Crippen LogP contribution in [0, 0.1) is 5.92 Å². The maximum Gasteiger partial charge on any atom is 0.414 e. The minimum Gasteiger partial charge on any atom is -0.476 e. The standard InChI is InChI=1S/C16H22N2O4/c1-16(2,3)22-15(21)18(10-11-6-4-7-11)12-8-5-9-17-13(12)14(19)20/h5,8-9,11H,4,6-7,10H2,1-3H3,(H,19,20). The van der Waals surface area contributed by atoms with Crippen molar-refractivity contribution in [1.29, 1.82) is 0 Å². The van der Waals surface area contributed by atoms with E-state index in [1.165, 1.54) is 11.1 Å². The van der Waals surface area contributed by atoms with E-state index >= 15 is 0 Å². The van der Waals surface area contributed by atoms with Crippen molar-refractivity contribution in [3.8, 4) is 0 Å². The monoisotopic (exact) mass is 306 g/mol. The Morgan fingerprint density at radius 1 is 1.41 bits per heavy atom. The number of nitrogens with zero attached hydrogens (tertiary/aromatic N) is 2. The third-order valence-corrected chi connectivity index (χ3v) is 3.56. The second-order valence-corrected chi connectivity index (χ2v) is 6.56. The summed E-state index contributed by atoms with van der Waals surface area (Å²) in [6.45, 7) is 5.82. The molecule has 0 saturated heterocycles. The van der Waals surface area contributed by atoms with Crippen LogP contribution in [0.15, 0.2) is 18.3 Å². The van der Waals surface area contributed by atoms with Crippen LogP contribution in [0.5, 0.6) is 0 Å². The largest absolute Gasteiger partial charge is 0.476 e. The van der Waals surface area contributed by atoms with E-state index in [9.17, 15) is 14.7 Å². The molecular formula is C16H22N2O4. The summed E-state index contributed by atoms with van der Waals surface area (Å²) >= 11 is 0. The van der Waals surface area contributed by atoms with Gasteiger partial charge >= 0.3 is 12.1 Å². The average molecular weight is 306 g/mol.